The van der Waals surface area contributed by atoms with Crippen LogP contribution in [0.5, 0.6) is 0 Å². The maximum atomic E-state index is 11.8. The minimum Gasteiger partial charge on any atom is -0.449 e. The summed E-state index contributed by atoms with van der Waals surface area (Å²) < 4.78 is 5.48. The molecule has 86 valence electrons. The third-order valence-corrected chi connectivity index (χ3v) is 2.77. The van der Waals surface area contributed by atoms with Gasteiger partial charge in [-0.2, -0.15) is 0 Å². The van der Waals surface area contributed by atoms with E-state index in [0.29, 0.717) is 10.6 Å². The number of terminal acetylenes is 1. The Balaban J connectivity index is 2.50. The molecule has 0 saturated carbocycles. The Kier molecular flexibility index (Phi) is 3.08. The first-order valence-electron chi connectivity index (χ1n) is 5.04. The highest BCUT2D eigenvalue weighted by atomic mass is 35.5. The van der Waals surface area contributed by atoms with Crippen molar-refractivity contribution >= 4 is 28.5 Å². The molecule has 2 rings (SSSR count). The first kappa shape index (κ1) is 11.6. The van der Waals surface area contributed by atoms with Crippen LogP contribution in [0.25, 0.3) is 11.0 Å². The van der Waals surface area contributed by atoms with Gasteiger partial charge in [0.15, 0.2) is 11.3 Å². The van der Waals surface area contributed by atoms with Crippen molar-refractivity contribution in [2.24, 2.45) is 0 Å². The van der Waals surface area contributed by atoms with Gasteiger partial charge in [0.25, 0.3) is 5.91 Å². The first-order chi connectivity index (χ1) is 8.15. The lowest BCUT2D eigenvalue weighted by Crippen LogP contribution is -2.23. The molecule has 0 aliphatic carbocycles. The SMILES string of the molecule is C#CCNC(=O)c1oc2c(Cl)cccc2c1C. The number of furan rings is 1. The summed E-state index contributed by atoms with van der Waals surface area (Å²) in [6.07, 6.45) is 5.08. The average molecular weight is 248 g/mol. The molecule has 0 radical (unpaired) electrons. The van der Waals surface area contributed by atoms with Crippen molar-refractivity contribution in [1.29, 1.82) is 0 Å². The van der Waals surface area contributed by atoms with Gasteiger partial charge in [0.05, 0.1) is 11.6 Å². The van der Waals surface area contributed by atoms with Gasteiger partial charge < -0.3 is 9.73 Å². The van der Waals surface area contributed by atoms with Crippen LogP contribution in [0.2, 0.25) is 5.02 Å². The van der Waals surface area contributed by atoms with Crippen LogP contribution in [0.4, 0.5) is 0 Å². The summed E-state index contributed by atoms with van der Waals surface area (Å²) in [4.78, 5) is 11.8. The highest BCUT2D eigenvalue weighted by Crippen LogP contribution is 2.30. The number of para-hydroxylation sites is 1. The van der Waals surface area contributed by atoms with E-state index in [4.69, 9.17) is 22.4 Å². The number of nitrogens with one attached hydrogen (secondary N) is 1. The quantitative estimate of drug-likeness (QED) is 0.830. The maximum Gasteiger partial charge on any atom is 0.288 e. The molecule has 0 fully saturated rings. The summed E-state index contributed by atoms with van der Waals surface area (Å²) in [5.41, 5.74) is 1.29. The zero-order valence-electron chi connectivity index (χ0n) is 9.21. The maximum absolute atomic E-state index is 11.8. The fourth-order valence-corrected chi connectivity index (χ4v) is 1.85. The lowest BCUT2D eigenvalue weighted by molar-refractivity contribution is 0.0932. The minimum absolute atomic E-state index is 0.170. The third kappa shape index (κ3) is 2.00. The number of carbonyl (C=O) groups excluding carboxylic acids is 1. The molecule has 0 bridgehead atoms. The minimum atomic E-state index is -0.326. The van der Waals surface area contributed by atoms with Crippen LogP contribution >= 0.6 is 11.6 Å². The van der Waals surface area contributed by atoms with Crippen molar-refractivity contribution in [2.45, 2.75) is 6.92 Å². The van der Waals surface area contributed by atoms with E-state index in [1.54, 1.807) is 6.07 Å². The van der Waals surface area contributed by atoms with Crippen LogP contribution in [-0.4, -0.2) is 12.5 Å². The number of hydrogen-bond donors (Lipinski definition) is 1. The molecule has 1 amide bonds. The van der Waals surface area contributed by atoms with Gasteiger partial charge in [-0.1, -0.05) is 29.7 Å². The first-order valence-corrected chi connectivity index (χ1v) is 5.42. The summed E-state index contributed by atoms with van der Waals surface area (Å²) in [6.45, 7) is 1.98. The molecule has 1 aromatic carbocycles. The fourth-order valence-electron chi connectivity index (χ4n) is 1.64. The molecule has 1 heterocycles. The smallest absolute Gasteiger partial charge is 0.288 e. The van der Waals surface area contributed by atoms with Gasteiger partial charge in [0.2, 0.25) is 0 Å². The van der Waals surface area contributed by atoms with Crippen molar-refractivity contribution in [3.05, 3.63) is 34.5 Å². The number of fused-ring (bicyclic) bond motifs is 1. The Morgan fingerprint density at radius 1 is 1.59 bits per heavy atom. The van der Waals surface area contributed by atoms with Crippen LogP contribution in [-0.2, 0) is 0 Å². The van der Waals surface area contributed by atoms with Crippen molar-refractivity contribution in [3.63, 3.8) is 0 Å². The molecule has 2 aromatic rings. The van der Waals surface area contributed by atoms with E-state index in [-0.39, 0.29) is 18.2 Å². The Morgan fingerprint density at radius 3 is 3.00 bits per heavy atom. The summed E-state index contributed by atoms with van der Waals surface area (Å²) in [5, 5.41) is 3.88. The van der Waals surface area contributed by atoms with Crippen molar-refractivity contribution in [3.8, 4) is 12.3 Å². The monoisotopic (exact) mass is 247 g/mol. The summed E-state index contributed by atoms with van der Waals surface area (Å²) >= 11 is 5.99. The lowest BCUT2D eigenvalue weighted by atomic mass is 10.1. The second-order valence-electron chi connectivity index (χ2n) is 3.56. The van der Waals surface area contributed by atoms with Gasteiger partial charge in [0.1, 0.15) is 0 Å². The van der Waals surface area contributed by atoms with E-state index in [2.05, 4.69) is 11.2 Å². The van der Waals surface area contributed by atoms with E-state index in [1.807, 2.05) is 19.1 Å². The Bertz CT molecular complexity index is 622. The molecule has 0 unspecified atom stereocenters. The standard InChI is InChI=1S/C13H10ClNO2/c1-3-7-15-13(16)11-8(2)9-5-4-6-10(14)12(9)17-11/h1,4-6H,7H2,2H3,(H,15,16). The van der Waals surface area contributed by atoms with Gasteiger partial charge in [-0.05, 0) is 13.0 Å². The Morgan fingerprint density at radius 2 is 2.35 bits per heavy atom. The number of hydrogen-bond acceptors (Lipinski definition) is 2. The van der Waals surface area contributed by atoms with Gasteiger partial charge >= 0.3 is 0 Å². The van der Waals surface area contributed by atoms with E-state index in [9.17, 15) is 4.79 Å². The fraction of sp³-hybridized carbons (Fsp3) is 0.154. The summed E-state index contributed by atoms with van der Waals surface area (Å²) in [5.74, 6) is 2.26. The van der Waals surface area contributed by atoms with Crippen molar-refractivity contribution in [2.75, 3.05) is 6.54 Å². The van der Waals surface area contributed by atoms with Crippen molar-refractivity contribution in [1.82, 2.24) is 5.32 Å². The zero-order chi connectivity index (χ0) is 12.4. The summed E-state index contributed by atoms with van der Waals surface area (Å²) in [7, 11) is 0. The number of amides is 1. The molecule has 3 nitrogen and oxygen atoms in total. The van der Waals surface area contributed by atoms with Crippen LogP contribution < -0.4 is 5.32 Å². The predicted octanol–water partition coefficient (Wildman–Crippen LogP) is 2.76. The van der Waals surface area contributed by atoms with Crippen LogP contribution in [0, 0.1) is 19.3 Å². The number of carbonyl (C=O) groups is 1. The Hall–Kier alpha value is -1.92. The molecule has 1 aromatic heterocycles. The number of benzene rings is 1. The van der Waals surface area contributed by atoms with Gasteiger partial charge in [0, 0.05) is 10.9 Å². The van der Waals surface area contributed by atoms with Gasteiger partial charge in [-0.3, -0.25) is 4.79 Å². The number of halogens is 1. The van der Waals surface area contributed by atoms with Gasteiger partial charge in [-0.25, -0.2) is 0 Å². The second kappa shape index (κ2) is 4.52. The molecular formula is C13H10ClNO2. The molecular weight excluding hydrogens is 238 g/mol. The third-order valence-electron chi connectivity index (χ3n) is 2.47. The van der Waals surface area contributed by atoms with E-state index >= 15 is 0 Å². The molecule has 0 atom stereocenters. The molecule has 0 aliphatic heterocycles. The van der Waals surface area contributed by atoms with Crippen LogP contribution in [0.15, 0.2) is 22.6 Å². The second-order valence-corrected chi connectivity index (χ2v) is 3.97. The van der Waals surface area contributed by atoms with Gasteiger partial charge in [-0.15, -0.1) is 6.42 Å². The average Bonchev–Trinajstić information content (AvgIpc) is 2.66. The van der Waals surface area contributed by atoms with E-state index < -0.39 is 0 Å². The normalized spacial score (nSPS) is 10.2. The van der Waals surface area contributed by atoms with E-state index in [0.717, 1.165) is 10.9 Å². The van der Waals surface area contributed by atoms with E-state index in [1.165, 1.54) is 0 Å². The molecule has 1 N–H and O–H groups in total. The highest BCUT2D eigenvalue weighted by molar-refractivity contribution is 6.35. The Labute approximate surface area is 104 Å². The van der Waals surface area contributed by atoms with Crippen molar-refractivity contribution < 1.29 is 9.21 Å². The summed E-state index contributed by atoms with van der Waals surface area (Å²) in [6, 6.07) is 5.39. The molecule has 0 saturated heterocycles. The highest BCUT2D eigenvalue weighted by Gasteiger charge is 2.18. The molecule has 0 spiro atoms. The number of rotatable bonds is 2. The zero-order valence-corrected chi connectivity index (χ0v) is 9.97. The van der Waals surface area contributed by atoms with Crippen LogP contribution in [0.1, 0.15) is 16.1 Å². The molecule has 0 aliphatic rings. The number of aryl methyl sites for hydroxylation is 1. The molecule has 4 heteroatoms. The predicted molar refractivity (Wildman–Crippen MR) is 67.1 cm³/mol. The molecule has 17 heavy (non-hydrogen) atoms. The lowest BCUT2D eigenvalue weighted by Gasteiger charge is -1.97. The van der Waals surface area contributed by atoms with Crippen LogP contribution in [0.3, 0.4) is 0 Å². The topological polar surface area (TPSA) is 42.2 Å². The largest absolute Gasteiger partial charge is 0.449 e.